The van der Waals surface area contributed by atoms with E-state index in [4.69, 9.17) is 16.3 Å². The molecule has 2 heterocycles. The van der Waals surface area contributed by atoms with E-state index in [0.29, 0.717) is 11.0 Å². The first-order chi connectivity index (χ1) is 12.6. The van der Waals surface area contributed by atoms with Gasteiger partial charge in [-0.05, 0) is 36.8 Å². The van der Waals surface area contributed by atoms with Crippen LogP contribution in [-0.2, 0) is 14.3 Å². The molecule has 6 nitrogen and oxygen atoms in total. The van der Waals surface area contributed by atoms with Crippen molar-refractivity contribution in [3.63, 3.8) is 0 Å². The van der Waals surface area contributed by atoms with Crippen molar-refractivity contribution in [2.75, 3.05) is 11.9 Å². The quantitative estimate of drug-likeness (QED) is 0.567. The SMILES string of the molecule is CCOC(=O)[C@@H]1C(=O)Nc2nc3ccccc3n2[C@H]1c1cccc(Cl)c1. The molecule has 1 aliphatic rings. The van der Waals surface area contributed by atoms with Crippen molar-refractivity contribution < 1.29 is 14.3 Å². The molecular formula is C19H16ClN3O3. The van der Waals surface area contributed by atoms with Crippen LogP contribution in [0, 0.1) is 5.92 Å². The van der Waals surface area contributed by atoms with Crippen molar-refractivity contribution in [3.8, 4) is 0 Å². The second-order valence-electron chi connectivity index (χ2n) is 6.01. The van der Waals surface area contributed by atoms with Crippen molar-refractivity contribution in [1.82, 2.24) is 9.55 Å². The molecule has 2 atom stereocenters. The number of ether oxygens (including phenoxy) is 1. The van der Waals surface area contributed by atoms with Crippen molar-refractivity contribution in [3.05, 3.63) is 59.1 Å². The normalized spacial score (nSPS) is 19.1. The maximum absolute atomic E-state index is 12.7. The van der Waals surface area contributed by atoms with Crippen LogP contribution in [-0.4, -0.2) is 28.0 Å². The predicted molar refractivity (Wildman–Crippen MR) is 98.1 cm³/mol. The summed E-state index contributed by atoms with van der Waals surface area (Å²) in [6, 6.07) is 14.1. The molecule has 0 fully saturated rings. The number of fused-ring (bicyclic) bond motifs is 3. The van der Waals surface area contributed by atoms with E-state index in [1.54, 1.807) is 25.1 Å². The molecule has 0 saturated carbocycles. The minimum atomic E-state index is -1.03. The molecule has 1 aliphatic heterocycles. The number of carbonyl (C=O) groups excluding carboxylic acids is 2. The Bertz CT molecular complexity index is 1010. The molecule has 0 radical (unpaired) electrons. The second kappa shape index (κ2) is 6.46. The molecule has 4 rings (SSSR count). The van der Waals surface area contributed by atoms with Gasteiger partial charge in [0, 0.05) is 5.02 Å². The molecule has 1 N–H and O–H groups in total. The lowest BCUT2D eigenvalue weighted by molar-refractivity contribution is -0.152. The highest BCUT2D eigenvalue weighted by molar-refractivity contribution is 6.30. The van der Waals surface area contributed by atoms with Gasteiger partial charge in [-0.1, -0.05) is 35.9 Å². The maximum Gasteiger partial charge on any atom is 0.321 e. The van der Waals surface area contributed by atoms with E-state index < -0.39 is 23.8 Å². The molecule has 0 saturated heterocycles. The summed E-state index contributed by atoms with van der Waals surface area (Å²) in [5, 5.41) is 3.26. The van der Waals surface area contributed by atoms with Gasteiger partial charge in [0.05, 0.1) is 23.7 Å². The molecule has 0 unspecified atom stereocenters. The van der Waals surface area contributed by atoms with Crippen molar-refractivity contribution >= 4 is 40.5 Å². The number of para-hydroxylation sites is 2. The zero-order chi connectivity index (χ0) is 18.3. The number of nitrogens with one attached hydrogen (secondary N) is 1. The molecule has 0 aliphatic carbocycles. The summed E-state index contributed by atoms with van der Waals surface area (Å²) in [5.74, 6) is -1.63. The minimum absolute atomic E-state index is 0.197. The van der Waals surface area contributed by atoms with E-state index in [1.807, 2.05) is 34.9 Å². The van der Waals surface area contributed by atoms with E-state index in [1.165, 1.54) is 0 Å². The molecule has 7 heteroatoms. The first kappa shape index (κ1) is 16.6. The standard InChI is InChI=1S/C19H16ClN3O3/c1-2-26-18(25)15-16(11-6-5-7-12(20)10-11)23-14-9-4-3-8-13(14)21-19(23)22-17(15)24/h3-10,15-16H,2H2,1H3,(H,21,22,24)/t15-,16-/m0/s1. The molecule has 3 aromatic rings. The monoisotopic (exact) mass is 369 g/mol. The highest BCUT2D eigenvalue weighted by atomic mass is 35.5. The molecule has 0 spiro atoms. The van der Waals surface area contributed by atoms with Crippen molar-refractivity contribution in [1.29, 1.82) is 0 Å². The third-order valence-corrected chi connectivity index (χ3v) is 4.67. The van der Waals surface area contributed by atoms with Crippen LogP contribution in [0.3, 0.4) is 0 Å². The summed E-state index contributed by atoms with van der Waals surface area (Å²) in [6.45, 7) is 1.91. The van der Waals surface area contributed by atoms with Crippen molar-refractivity contribution in [2.24, 2.45) is 5.92 Å². The van der Waals surface area contributed by atoms with Crippen LogP contribution < -0.4 is 5.32 Å². The highest BCUT2D eigenvalue weighted by Crippen LogP contribution is 2.39. The minimum Gasteiger partial charge on any atom is -0.465 e. The number of carbonyl (C=O) groups is 2. The van der Waals surface area contributed by atoms with E-state index in [-0.39, 0.29) is 6.61 Å². The third-order valence-electron chi connectivity index (χ3n) is 4.44. The number of aromatic nitrogens is 2. The van der Waals surface area contributed by atoms with Crippen LogP contribution in [0.4, 0.5) is 5.95 Å². The number of hydrogen-bond donors (Lipinski definition) is 1. The number of esters is 1. The topological polar surface area (TPSA) is 73.2 Å². The Morgan fingerprint density at radius 3 is 2.85 bits per heavy atom. The third kappa shape index (κ3) is 2.63. The van der Waals surface area contributed by atoms with Crippen molar-refractivity contribution in [2.45, 2.75) is 13.0 Å². The molecule has 26 heavy (non-hydrogen) atoms. The van der Waals surface area contributed by atoms with Gasteiger partial charge in [-0.2, -0.15) is 0 Å². The average Bonchev–Trinajstić information content (AvgIpc) is 2.98. The zero-order valence-electron chi connectivity index (χ0n) is 14.0. The Balaban J connectivity index is 1.97. The van der Waals surface area contributed by atoms with Gasteiger partial charge in [-0.15, -0.1) is 0 Å². The zero-order valence-corrected chi connectivity index (χ0v) is 14.7. The van der Waals surface area contributed by atoms with Gasteiger partial charge in [-0.3, -0.25) is 14.9 Å². The predicted octanol–water partition coefficient (Wildman–Crippen LogP) is 3.41. The lowest BCUT2D eigenvalue weighted by atomic mass is 9.90. The summed E-state index contributed by atoms with van der Waals surface area (Å²) in [4.78, 5) is 29.8. The van der Waals surface area contributed by atoms with Crippen LogP contribution in [0.25, 0.3) is 11.0 Å². The van der Waals surface area contributed by atoms with E-state index in [0.717, 1.165) is 16.6 Å². The number of rotatable bonds is 3. The Morgan fingerprint density at radius 2 is 2.08 bits per heavy atom. The first-order valence-corrected chi connectivity index (χ1v) is 8.68. The van der Waals surface area contributed by atoms with Gasteiger partial charge in [0.2, 0.25) is 11.9 Å². The molecule has 132 valence electrons. The van der Waals surface area contributed by atoms with Gasteiger partial charge in [0.25, 0.3) is 0 Å². The Morgan fingerprint density at radius 1 is 1.27 bits per heavy atom. The van der Waals surface area contributed by atoms with Crippen LogP contribution in [0.2, 0.25) is 5.02 Å². The fourth-order valence-corrected chi connectivity index (χ4v) is 3.59. The van der Waals surface area contributed by atoms with Gasteiger partial charge in [0.1, 0.15) is 0 Å². The number of hydrogen-bond acceptors (Lipinski definition) is 4. The fourth-order valence-electron chi connectivity index (χ4n) is 3.39. The highest BCUT2D eigenvalue weighted by Gasteiger charge is 2.44. The molecular weight excluding hydrogens is 354 g/mol. The number of benzene rings is 2. The van der Waals surface area contributed by atoms with Gasteiger partial charge >= 0.3 is 5.97 Å². The van der Waals surface area contributed by atoms with Crippen LogP contribution in [0.15, 0.2) is 48.5 Å². The Kier molecular flexibility index (Phi) is 4.12. The smallest absolute Gasteiger partial charge is 0.321 e. The molecule has 0 bridgehead atoms. The molecule has 1 aromatic heterocycles. The maximum atomic E-state index is 12.7. The number of nitrogens with zero attached hydrogens (tertiary/aromatic N) is 2. The second-order valence-corrected chi connectivity index (χ2v) is 6.45. The number of anilines is 1. The lowest BCUT2D eigenvalue weighted by Crippen LogP contribution is -2.43. The van der Waals surface area contributed by atoms with Gasteiger partial charge < -0.3 is 9.30 Å². The Labute approximate surface area is 154 Å². The lowest BCUT2D eigenvalue weighted by Gasteiger charge is -2.32. The summed E-state index contributed by atoms with van der Waals surface area (Å²) >= 11 is 6.17. The average molecular weight is 370 g/mol. The van der Waals surface area contributed by atoms with Crippen LogP contribution in [0.1, 0.15) is 18.5 Å². The molecule has 2 aromatic carbocycles. The number of amides is 1. The number of imidazole rings is 1. The molecule has 1 amide bonds. The first-order valence-electron chi connectivity index (χ1n) is 8.30. The summed E-state index contributed by atoms with van der Waals surface area (Å²) in [7, 11) is 0. The van der Waals surface area contributed by atoms with E-state index in [9.17, 15) is 9.59 Å². The summed E-state index contributed by atoms with van der Waals surface area (Å²) < 4.78 is 7.04. The van der Waals surface area contributed by atoms with Crippen LogP contribution in [0.5, 0.6) is 0 Å². The summed E-state index contributed by atoms with van der Waals surface area (Å²) in [6.07, 6.45) is 0. The fraction of sp³-hybridized carbons (Fsp3) is 0.211. The largest absolute Gasteiger partial charge is 0.465 e. The van der Waals surface area contributed by atoms with Gasteiger partial charge in [0.15, 0.2) is 5.92 Å². The van der Waals surface area contributed by atoms with E-state index >= 15 is 0 Å². The number of halogens is 1. The van der Waals surface area contributed by atoms with Crippen LogP contribution >= 0.6 is 11.6 Å². The summed E-state index contributed by atoms with van der Waals surface area (Å²) in [5.41, 5.74) is 2.30. The van der Waals surface area contributed by atoms with Gasteiger partial charge in [-0.25, -0.2) is 4.98 Å². The Hall–Kier alpha value is -2.86. The van der Waals surface area contributed by atoms with E-state index in [2.05, 4.69) is 10.3 Å².